The number of benzene rings is 1. The van der Waals surface area contributed by atoms with Crippen LogP contribution in [0.25, 0.3) is 11.0 Å². The number of aliphatic hydroxyl groups is 2. The Labute approximate surface area is 265 Å². The summed E-state index contributed by atoms with van der Waals surface area (Å²) in [5, 5.41) is 31.7. The van der Waals surface area contributed by atoms with E-state index >= 15 is 0 Å². The number of hydrogen-bond donors (Lipinski definition) is 5. The zero-order chi connectivity index (χ0) is 33.2. The van der Waals surface area contributed by atoms with Crippen LogP contribution in [0.4, 0.5) is 11.6 Å². The highest BCUT2D eigenvalue weighted by Gasteiger charge is 2.47. The lowest BCUT2D eigenvalue weighted by molar-refractivity contribution is -0.158. The summed E-state index contributed by atoms with van der Waals surface area (Å²) < 4.78 is 18.9. The first-order chi connectivity index (χ1) is 22.0. The first-order valence-corrected chi connectivity index (χ1v) is 15.0. The third-order valence-electron chi connectivity index (χ3n) is 8.58. The van der Waals surface area contributed by atoms with E-state index in [2.05, 4.69) is 9.97 Å². The summed E-state index contributed by atoms with van der Waals surface area (Å²) in [5.74, 6) is -0.726. The first-order valence-electron chi connectivity index (χ1n) is 15.0. The summed E-state index contributed by atoms with van der Waals surface area (Å²) in [7, 11) is 0. The van der Waals surface area contributed by atoms with E-state index in [1.165, 1.54) is 6.20 Å². The van der Waals surface area contributed by atoms with E-state index in [-0.39, 0.29) is 59.1 Å². The number of phenolic OH excluding ortho intramolecular Hbond substituents is 1. The number of carbonyl (C=O) groups excluding carboxylic acids is 1. The quantitative estimate of drug-likeness (QED) is 0.126. The second kappa shape index (κ2) is 13.2. The molecule has 0 radical (unpaired) electrons. The normalized spacial score (nSPS) is 18.5. The number of aryl methyl sites for hydroxylation is 1. The van der Waals surface area contributed by atoms with Gasteiger partial charge in [-0.15, -0.1) is 0 Å². The van der Waals surface area contributed by atoms with E-state index in [1.807, 2.05) is 13.0 Å². The lowest BCUT2D eigenvalue weighted by Gasteiger charge is -2.43. The monoisotopic (exact) mass is 630 g/mol. The molecule has 242 valence electrons. The summed E-state index contributed by atoms with van der Waals surface area (Å²) in [4.78, 5) is 34.8. The second-order valence-corrected chi connectivity index (χ2v) is 11.7. The molecule has 1 aromatic carbocycles. The number of nitrogens with zero attached hydrogens (tertiary/aromatic N) is 2. The number of allylic oxidation sites excluding steroid dienone is 1. The molecule has 0 unspecified atom stereocenters. The lowest BCUT2D eigenvalue weighted by Crippen LogP contribution is -2.52. The molecule has 0 aliphatic carbocycles. The molecule has 3 atom stereocenters. The minimum atomic E-state index is -1.15. The van der Waals surface area contributed by atoms with Crippen LogP contribution in [0.1, 0.15) is 67.5 Å². The van der Waals surface area contributed by atoms with Gasteiger partial charge in [-0.2, -0.15) is 0 Å². The number of pyridine rings is 2. The maximum Gasteiger partial charge on any atom is 0.333 e. The number of ether oxygens (including phenoxy) is 2. The summed E-state index contributed by atoms with van der Waals surface area (Å²) >= 11 is 0. The molecule has 0 amide bonds. The molecule has 7 N–H and O–H groups in total. The van der Waals surface area contributed by atoms with Crippen molar-refractivity contribution in [3.05, 3.63) is 92.6 Å². The van der Waals surface area contributed by atoms with Crippen LogP contribution in [-0.4, -0.2) is 49.6 Å². The number of carbonyl (C=O) groups is 1. The number of nitrogen functional groups attached to an aromatic ring is 2. The van der Waals surface area contributed by atoms with Crippen LogP contribution in [0.2, 0.25) is 0 Å². The summed E-state index contributed by atoms with van der Waals surface area (Å²) in [6.07, 6.45) is 4.98. The van der Waals surface area contributed by atoms with Gasteiger partial charge in [0, 0.05) is 54.1 Å². The van der Waals surface area contributed by atoms with Gasteiger partial charge in [0.15, 0.2) is 5.43 Å². The largest absolute Gasteiger partial charge is 0.507 e. The second-order valence-electron chi connectivity index (χ2n) is 11.7. The van der Waals surface area contributed by atoms with Crippen LogP contribution in [0, 0.1) is 0 Å². The molecule has 1 aliphatic heterocycles. The average molecular weight is 631 g/mol. The Balaban J connectivity index is 1.76. The standard InChI is InChI=1S/C34H38N4O8/c1-4-18(2)33(43)45-25-15-23-30(42)29-24(41)14-21(17-40)44-32(29)28(22(9-12-39)20-8-11-37-27(36)13-20)31(23)46-34(25,3)10-7-19-5-6-26(35)38-16-19/h4-6,8,11,13-14,16,22,25,39-40,42H,7,9-10,12,15,17H2,1-3H3,(H2,35,38)(H2,36,37)/b18-4-/t22-,25-,34+/m1/s1. The van der Waals surface area contributed by atoms with Crippen LogP contribution in [0.15, 0.2) is 63.6 Å². The number of phenols is 1. The molecule has 1 aliphatic rings. The number of rotatable bonds is 10. The van der Waals surface area contributed by atoms with Crippen molar-refractivity contribution in [2.75, 3.05) is 18.1 Å². The number of anilines is 2. The number of aromatic hydroxyl groups is 1. The molecule has 12 heteroatoms. The fourth-order valence-electron chi connectivity index (χ4n) is 5.86. The molecule has 4 heterocycles. The Morgan fingerprint density at radius 2 is 1.98 bits per heavy atom. The molecule has 0 saturated heterocycles. The highest BCUT2D eigenvalue weighted by Crippen LogP contribution is 2.51. The van der Waals surface area contributed by atoms with Gasteiger partial charge in [0.1, 0.15) is 58.2 Å². The molecule has 3 aromatic heterocycles. The number of aliphatic hydroxyl groups excluding tert-OH is 2. The van der Waals surface area contributed by atoms with Gasteiger partial charge in [0.05, 0.1) is 0 Å². The molecule has 12 nitrogen and oxygen atoms in total. The highest BCUT2D eigenvalue weighted by molar-refractivity contribution is 5.92. The van der Waals surface area contributed by atoms with Gasteiger partial charge in [-0.05, 0) is 69.4 Å². The molecule has 0 fully saturated rings. The third kappa shape index (κ3) is 6.26. The van der Waals surface area contributed by atoms with E-state index in [0.717, 1.165) is 11.6 Å². The van der Waals surface area contributed by atoms with Crippen molar-refractivity contribution in [3.63, 3.8) is 0 Å². The Morgan fingerprint density at radius 1 is 1.20 bits per heavy atom. The zero-order valence-corrected chi connectivity index (χ0v) is 25.9. The fourth-order valence-corrected chi connectivity index (χ4v) is 5.86. The molecule has 0 saturated carbocycles. The van der Waals surface area contributed by atoms with Crippen LogP contribution in [-0.2, 0) is 29.0 Å². The summed E-state index contributed by atoms with van der Waals surface area (Å²) in [6.45, 7) is 4.38. The van der Waals surface area contributed by atoms with E-state index < -0.39 is 35.6 Å². The molecule has 46 heavy (non-hydrogen) atoms. The number of aromatic nitrogens is 2. The lowest BCUT2D eigenvalue weighted by atomic mass is 9.80. The van der Waals surface area contributed by atoms with Crippen molar-refractivity contribution in [3.8, 4) is 11.5 Å². The van der Waals surface area contributed by atoms with Gasteiger partial charge in [0.25, 0.3) is 0 Å². The highest BCUT2D eigenvalue weighted by atomic mass is 16.6. The van der Waals surface area contributed by atoms with Crippen molar-refractivity contribution < 1.29 is 34.0 Å². The van der Waals surface area contributed by atoms with E-state index in [1.54, 1.807) is 44.3 Å². The minimum Gasteiger partial charge on any atom is -0.507 e. The zero-order valence-electron chi connectivity index (χ0n) is 25.9. The van der Waals surface area contributed by atoms with Crippen molar-refractivity contribution in [2.45, 2.75) is 70.7 Å². The fraction of sp³-hybridized carbons (Fsp3) is 0.353. The number of fused-ring (bicyclic) bond motifs is 2. The first kappa shape index (κ1) is 32.5. The predicted molar refractivity (Wildman–Crippen MR) is 171 cm³/mol. The van der Waals surface area contributed by atoms with Crippen molar-refractivity contribution in [1.82, 2.24) is 9.97 Å². The third-order valence-corrected chi connectivity index (χ3v) is 8.58. The maximum absolute atomic E-state index is 13.4. The van der Waals surface area contributed by atoms with E-state index in [4.69, 9.17) is 25.4 Å². The number of hydrogen-bond acceptors (Lipinski definition) is 12. The summed E-state index contributed by atoms with van der Waals surface area (Å²) in [5.41, 5.74) is 12.7. The van der Waals surface area contributed by atoms with Gasteiger partial charge < -0.3 is 40.7 Å². The van der Waals surface area contributed by atoms with Crippen LogP contribution in [0.3, 0.4) is 0 Å². The Bertz CT molecular complexity index is 1850. The number of nitrogens with two attached hydrogens (primary N) is 2. The van der Waals surface area contributed by atoms with E-state index in [9.17, 15) is 24.9 Å². The smallest absolute Gasteiger partial charge is 0.333 e. The van der Waals surface area contributed by atoms with E-state index in [0.29, 0.717) is 35.4 Å². The molecular weight excluding hydrogens is 592 g/mol. The topological polar surface area (TPSA) is 204 Å². The van der Waals surface area contributed by atoms with Crippen LogP contribution in [0.5, 0.6) is 11.5 Å². The van der Waals surface area contributed by atoms with Crippen LogP contribution >= 0.6 is 0 Å². The average Bonchev–Trinajstić information content (AvgIpc) is 3.04. The van der Waals surface area contributed by atoms with Crippen molar-refractivity contribution in [1.29, 1.82) is 0 Å². The number of esters is 1. The Morgan fingerprint density at radius 3 is 2.63 bits per heavy atom. The van der Waals surface area contributed by atoms with Crippen LogP contribution < -0.4 is 21.6 Å². The molecular formula is C34H38N4O8. The van der Waals surface area contributed by atoms with Crippen molar-refractivity contribution >= 4 is 28.6 Å². The SMILES string of the molecule is C/C=C(/C)C(=O)O[C@@H]1Cc2c(c([C@H](CCO)c3ccnc(N)c3)c3oc(CO)cc(=O)c3c2O)O[C@@]1(C)CCc1ccc(N)nc1. The molecule has 0 spiro atoms. The van der Waals surface area contributed by atoms with Gasteiger partial charge in [-0.3, -0.25) is 4.79 Å². The van der Waals surface area contributed by atoms with Gasteiger partial charge >= 0.3 is 5.97 Å². The molecule has 4 aromatic rings. The molecule has 0 bridgehead atoms. The van der Waals surface area contributed by atoms with Gasteiger partial charge in [0.2, 0.25) is 0 Å². The van der Waals surface area contributed by atoms with Gasteiger partial charge in [-0.1, -0.05) is 12.1 Å². The minimum absolute atomic E-state index is 0.00641. The molecule has 5 rings (SSSR count). The summed E-state index contributed by atoms with van der Waals surface area (Å²) in [6, 6.07) is 8.06. The Kier molecular flexibility index (Phi) is 9.31. The Hall–Kier alpha value is -4.94. The maximum atomic E-state index is 13.4. The van der Waals surface area contributed by atoms with Gasteiger partial charge in [-0.25, -0.2) is 14.8 Å². The predicted octanol–water partition coefficient (Wildman–Crippen LogP) is 3.66. The van der Waals surface area contributed by atoms with Crippen molar-refractivity contribution in [2.24, 2.45) is 0 Å².